The van der Waals surface area contributed by atoms with Gasteiger partial charge in [-0.15, -0.1) is 0 Å². The molecule has 4 aromatic carbocycles. The van der Waals surface area contributed by atoms with Gasteiger partial charge in [-0.05, 0) is 24.3 Å². The molecule has 0 saturated heterocycles. The van der Waals surface area contributed by atoms with Crippen molar-refractivity contribution < 1.29 is 8.83 Å². The number of fused-ring (bicyclic) bond motifs is 6. The van der Waals surface area contributed by atoms with Gasteiger partial charge in [-0.25, -0.2) is 9.97 Å². The van der Waals surface area contributed by atoms with Crippen LogP contribution in [0.4, 0.5) is 0 Å². The Kier molecular flexibility index (Phi) is 3.87. The fourth-order valence-corrected chi connectivity index (χ4v) is 4.72. The fourth-order valence-electron chi connectivity index (χ4n) is 4.50. The van der Waals surface area contributed by atoms with Gasteiger partial charge in [0.15, 0.2) is 17.0 Å². The first-order valence-corrected chi connectivity index (χ1v) is 11.0. The second-order valence-electron chi connectivity index (χ2n) is 7.94. The van der Waals surface area contributed by atoms with Crippen molar-refractivity contribution in [1.29, 1.82) is 0 Å². The lowest BCUT2D eigenvalue weighted by atomic mass is 10.0. The fraction of sp³-hybridized carbons (Fsp3) is 0. The summed E-state index contributed by atoms with van der Waals surface area (Å²) in [7, 11) is 0. The largest absolute Gasteiger partial charge is 0.454 e. The predicted octanol–water partition coefficient (Wildman–Crippen LogP) is 8.26. The van der Waals surface area contributed by atoms with Crippen LogP contribution in [0.5, 0.6) is 0 Å². The predicted molar refractivity (Wildman–Crippen MR) is 132 cm³/mol. The maximum Gasteiger partial charge on any atom is 0.180 e. The first kappa shape index (κ1) is 18.4. The van der Waals surface area contributed by atoms with Gasteiger partial charge in [0.1, 0.15) is 22.4 Å². The van der Waals surface area contributed by atoms with E-state index in [2.05, 4.69) is 0 Å². The molecule has 0 atom stereocenters. The number of aromatic nitrogens is 2. The van der Waals surface area contributed by atoms with E-state index in [4.69, 9.17) is 30.4 Å². The minimum Gasteiger partial charge on any atom is -0.454 e. The van der Waals surface area contributed by atoms with Gasteiger partial charge in [0.2, 0.25) is 0 Å². The molecular weight excluding hydrogens is 432 g/mol. The summed E-state index contributed by atoms with van der Waals surface area (Å²) < 4.78 is 12.3. The van der Waals surface area contributed by atoms with E-state index in [-0.39, 0.29) is 0 Å². The van der Waals surface area contributed by atoms with Crippen LogP contribution < -0.4 is 0 Å². The van der Waals surface area contributed by atoms with Gasteiger partial charge in [-0.2, -0.15) is 0 Å². The van der Waals surface area contributed by atoms with Crippen LogP contribution in [0.15, 0.2) is 99.8 Å². The van der Waals surface area contributed by atoms with E-state index in [9.17, 15) is 0 Å². The zero-order valence-electron chi connectivity index (χ0n) is 17.2. The average molecular weight is 447 g/mol. The van der Waals surface area contributed by atoms with Gasteiger partial charge in [-0.1, -0.05) is 78.3 Å². The topological polar surface area (TPSA) is 52.1 Å². The number of rotatable bonds is 2. The number of hydrogen-bond acceptors (Lipinski definition) is 4. The molecular formula is C28H15ClN2O2. The molecule has 0 amide bonds. The zero-order valence-corrected chi connectivity index (χ0v) is 18.0. The Hall–Kier alpha value is -4.15. The number of hydrogen-bond donors (Lipinski definition) is 0. The number of benzene rings is 4. The lowest BCUT2D eigenvalue weighted by Gasteiger charge is -2.07. The molecule has 0 spiro atoms. The SMILES string of the molecule is Clc1cccc2c1oc1cccc(-c3nc(-c4ccccc4)c4oc5ccccc5c4n3)c12. The van der Waals surface area contributed by atoms with E-state index < -0.39 is 0 Å². The third kappa shape index (κ3) is 2.71. The normalized spacial score (nSPS) is 11.8. The molecule has 3 heterocycles. The Morgan fingerprint density at radius 1 is 0.606 bits per heavy atom. The zero-order chi connectivity index (χ0) is 21.9. The van der Waals surface area contributed by atoms with Crippen LogP contribution in [0.25, 0.3) is 66.7 Å². The van der Waals surface area contributed by atoms with Crippen molar-refractivity contribution in [3.8, 4) is 22.6 Å². The molecule has 0 unspecified atom stereocenters. The molecule has 0 radical (unpaired) electrons. The third-order valence-corrected chi connectivity index (χ3v) is 6.28. The molecule has 33 heavy (non-hydrogen) atoms. The Balaban J connectivity index is 1.62. The summed E-state index contributed by atoms with van der Waals surface area (Å²) in [6.07, 6.45) is 0. The third-order valence-electron chi connectivity index (χ3n) is 5.98. The van der Waals surface area contributed by atoms with Crippen LogP contribution >= 0.6 is 11.6 Å². The second-order valence-corrected chi connectivity index (χ2v) is 8.34. The van der Waals surface area contributed by atoms with Gasteiger partial charge >= 0.3 is 0 Å². The van der Waals surface area contributed by atoms with Crippen LogP contribution in [0.2, 0.25) is 5.02 Å². The molecule has 156 valence electrons. The maximum absolute atomic E-state index is 6.42. The summed E-state index contributed by atoms with van der Waals surface area (Å²) in [5.41, 5.74) is 6.29. The summed E-state index contributed by atoms with van der Waals surface area (Å²) in [4.78, 5) is 10.0. The number of para-hydroxylation sites is 2. The minimum absolute atomic E-state index is 0.580. The molecule has 0 aliphatic heterocycles. The van der Waals surface area contributed by atoms with Gasteiger partial charge in [-0.3, -0.25) is 0 Å². The molecule has 0 fully saturated rings. The van der Waals surface area contributed by atoms with Crippen LogP contribution in [0.1, 0.15) is 0 Å². The average Bonchev–Trinajstić information content (AvgIpc) is 3.43. The van der Waals surface area contributed by atoms with Gasteiger partial charge in [0.05, 0.1) is 5.02 Å². The summed E-state index contributed by atoms with van der Waals surface area (Å²) in [6.45, 7) is 0. The molecule has 0 N–H and O–H groups in total. The summed E-state index contributed by atoms with van der Waals surface area (Å²) in [6, 6.07) is 29.7. The Morgan fingerprint density at radius 3 is 2.24 bits per heavy atom. The second kappa shape index (κ2) is 6.92. The van der Waals surface area contributed by atoms with E-state index in [0.29, 0.717) is 22.0 Å². The first-order chi connectivity index (χ1) is 16.3. The molecule has 7 aromatic rings. The molecule has 0 saturated carbocycles. The minimum atomic E-state index is 0.580. The Bertz CT molecular complexity index is 1830. The van der Waals surface area contributed by atoms with Crippen molar-refractivity contribution in [2.75, 3.05) is 0 Å². The van der Waals surface area contributed by atoms with Gasteiger partial charge < -0.3 is 8.83 Å². The smallest absolute Gasteiger partial charge is 0.180 e. The highest BCUT2D eigenvalue weighted by molar-refractivity contribution is 6.36. The number of halogens is 1. The lowest BCUT2D eigenvalue weighted by Crippen LogP contribution is -1.94. The highest BCUT2D eigenvalue weighted by atomic mass is 35.5. The standard InChI is InChI=1S/C28H15ClN2O2/c29-20-13-6-11-18-23-19(12-7-15-22(23)33-26(18)20)28-30-24(16-8-2-1-3-9-16)27-25(31-28)17-10-4-5-14-21(17)32-27/h1-15H. The number of nitrogens with zero attached hydrogens (tertiary/aromatic N) is 2. The summed E-state index contributed by atoms with van der Waals surface area (Å²) >= 11 is 6.42. The molecule has 0 aliphatic carbocycles. The van der Waals surface area contributed by atoms with E-state index in [1.807, 2.05) is 91.0 Å². The van der Waals surface area contributed by atoms with E-state index >= 15 is 0 Å². The van der Waals surface area contributed by atoms with E-state index in [1.54, 1.807) is 0 Å². The van der Waals surface area contributed by atoms with Crippen molar-refractivity contribution in [2.24, 2.45) is 0 Å². The Morgan fingerprint density at radius 2 is 1.33 bits per heavy atom. The van der Waals surface area contributed by atoms with Crippen molar-refractivity contribution in [3.63, 3.8) is 0 Å². The monoisotopic (exact) mass is 446 g/mol. The van der Waals surface area contributed by atoms with Crippen molar-refractivity contribution in [3.05, 3.63) is 96.0 Å². The molecule has 0 aliphatic rings. The molecule has 5 heteroatoms. The van der Waals surface area contributed by atoms with Crippen molar-refractivity contribution in [2.45, 2.75) is 0 Å². The van der Waals surface area contributed by atoms with E-state index in [1.165, 1.54) is 0 Å². The molecule has 0 bridgehead atoms. The quantitative estimate of drug-likeness (QED) is 0.268. The van der Waals surface area contributed by atoms with Crippen molar-refractivity contribution in [1.82, 2.24) is 9.97 Å². The number of furan rings is 2. The maximum atomic E-state index is 6.42. The van der Waals surface area contributed by atoms with Gasteiger partial charge in [0.25, 0.3) is 0 Å². The van der Waals surface area contributed by atoms with E-state index in [0.717, 1.165) is 49.7 Å². The summed E-state index contributed by atoms with van der Waals surface area (Å²) in [5, 5.41) is 3.42. The summed E-state index contributed by atoms with van der Waals surface area (Å²) in [5.74, 6) is 0.612. The highest BCUT2D eigenvalue weighted by Gasteiger charge is 2.20. The van der Waals surface area contributed by atoms with Crippen LogP contribution in [0.3, 0.4) is 0 Å². The van der Waals surface area contributed by atoms with Crippen molar-refractivity contribution >= 4 is 55.6 Å². The first-order valence-electron chi connectivity index (χ1n) is 10.6. The van der Waals surface area contributed by atoms with Crippen LogP contribution in [-0.2, 0) is 0 Å². The van der Waals surface area contributed by atoms with Gasteiger partial charge in [0, 0.05) is 27.3 Å². The molecule has 7 rings (SSSR count). The Labute approximate surface area is 193 Å². The van der Waals surface area contributed by atoms with Crippen LogP contribution in [0, 0.1) is 0 Å². The molecule has 4 nitrogen and oxygen atoms in total. The highest BCUT2D eigenvalue weighted by Crippen LogP contribution is 2.40. The van der Waals surface area contributed by atoms with Crippen LogP contribution in [-0.4, -0.2) is 9.97 Å². The molecule has 3 aromatic heterocycles. The lowest BCUT2D eigenvalue weighted by molar-refractivity contribution is 0.667.